The summed E-state index contributed by atoms with van der Waals surface area (Å²) < 4.78 is 10.1. The number of hydrogen-bond acceptors (Lipinski definition) is 5. The van der Waals surface area contributed by atoms with Crippen LogP contribution in [0.1, 0.15) is 58.8 Å². The van der Waals surface area contributed by atoms with Crippen molar-refractivity contribution in [1.29, 1.82) is 0 Å². The molecule has 1 aromatic rings. The van der Waals surface area contributed by atoms with Crippen molar-refractivity contribution in [2.75, 3.05) is 26.3 Å². The molecular weight excluding hydrogens is 324 g/mol. The van der Waals surface area contributed by atoms with Crippen LogP contribution in [0.4, 0.5) is 0 Å². The van der Waals surface area contributed by atoms with Gasteiger partial charge in [0, 0.05) is 18.8 Å². The summed E-state index contributed by atoms with van der Waals surface area (Å²) in [5.74, 6) is -0.684. The number of aromatic nitrogens is 1. The van der Waals surface area contributed by atoms with E-state index in [-0.39, 0.29) is 30.4 Å². The molecular formula is C18H26N2O5. The number of ether oxygens (including phenoxy) is 2. The lowest BCUT2D eigenvalue weighted by atomic mass is 9.99. The summed E-state index contributed by atoms with van der Waals surface area (Å²) in [6.45, 7) is 8.58. The minimum absolute atomic E-state index is 0.184. The van der Waals surface area contributed by atoms with E-state index in [1.165, 1.54) is 0 Å². The maximum absolute atomic E-state index is 12.4. The Labute approximate surface area is 147 Å². The summed E-state index contributed by atoms with van der Waals surface area (Å²) in [5, 5.41) is 0. The molecule has 0 saturated carbocycles. The standard InChI is InChI=1S/C18H26N2O5/c1-5-24-18(23)16-12(3)15(13(4)19-16)17(22)25-10-14(21)20-8-6-11(2)7-9-20/h11,19H,5-10H2,1-4H3. The topological polar surface area (TPSA) is 88.7 Å². The molecule has 7 heteroatoms. The molecule has 1 N–H and O–H groups in total. The molecule has 1 aromatic heterocycles. The van der Waals surface area contributed by atoms with E-state index in [9.17, 15) is 14.4 Å². The van der Waals surface area contributed by atoms with E-state index < -0.39 is 11.9 Å². The Morgan fingerprint density at radius 2 is 1.76 bits per heavy atom. The predicted octanol–water partition coefficient (Wildman–Crippen LogP) is 2.22. The van der Waals surface area contributed by atoms with Gasteiger partial charge in [0.05, 0.1) is 12.2 Å². The fourth-order valence-corrected chi connectivity index (χ4v) is 3.01. The number of esters is 2. The van der Waals surface area contributed by atoms with E-state index in [1.54, 1.807) is 25.7 Å². The summed E-state index contributed by atoms with van der Waals surface area (Å²) in [7, 11) is 0. The van der Waals surface area contributed by atoms with Crippen molar-refractivity contribution in [2.45, 2.75) is 40.5 Å². The van der Waals surface area contributed by atoms with Crippen molar-refractivity contribution in [3.8, 4) is 0 Å². The van der Waals surface area contributed by atoms with Crippen LogP contribution in [0.2, 0.25) is 0 Å². The Hall–Kier alpha value is -2.31. The van der Waals surface area contributed by atoms with Gasteiger partial charge in [-0.2, -0.15) is 0 Å². The summed E-state index contributed by atoms with van der Waals surface area (Å²) in [6, 6.07) is 0. The normalized spacial score (nSPS) is 15.1. The first-order chi connectivity index (χ1) is 11.8. The third-order valence-corrected chi connectivity index (χ3v) is 4.58. The molecule has 1 amide bonds. The quantitative estimate of drug-likeness (QED) is 0.823. The van der Waals surface area contributed by atoms with Crippen LogP contribution in [0.5, 0.6) is 0 Å². The lowest BCUT2D eigenvalue weighted by Crippen LogP contribution is -2.40. The summed E-state index contributed by atoms with van der Waals surface area (Å²) in [6.07, 6.45) is 1.94. The number of carbonyl (C=O) groups is 3. The number of piperidine rings is 1. The molecule has 0 bridgehead atoms. The molecule has 2 heterocycles. The Balaban J connectivity index is 1.99. The van der Waals surface area contributed by atoms with Crippen molar-refractivity contribution >= 4 is 17.8 Å². The van der Waals surface area contributed by atoms with Crippen LogP contribution in [-0.4, -0.2) is 54.0 Å². The van der Waals surface area contributed by atoms with Crippen LogP contribution in [0.25, 0.3) is 0 Å². The van der Waals surface area contributed by atoms with E-state index in [0.29, 0.717) is 30.3 Å². The predicted molar refractivity (Wildman–Crippen MR) is 91.5 cm³/mol. The van der Waals surface area contributed by atoms with Crippen molar-refractivity contribution in [3.05, 3.63) is 22.5 Å². The average Bonchev–Trinajstić information content (AvgIpc) is 2.88. The van der Waals surface area contributed by atoms with E-state index in [2.05, 4.69) is 11.9 Å². The lowest BCUT2D eigenvalue weighted by Gasteiger charge is -2.30. The van der Waals surface area contributed by atoms with Crippen molar-refractivity contribution in [2.24, 2.45) is 5.92 Å². The molecule has 2 rings (SSSR count). The zero-order valence-corrected chi connectivity index (χ0v) is 15.3. The number of hydrogen-bond donors (Lipinski definition) is 1. The van der Waals surface area contributed by atoms with E-state index in [4.69, 9.17) is 9.47 Å². The van der Waals surface area contributed by atoms with E-state index >= 15 is 0 Å². The molecule has 1 saturated heterocycles. The number of aromatic amines is 1. The highest BCUT2D eigenvalue weighted by Gasteiger charge is 2.26. The van der Waals surface area contributed by atoms with Gasteiger partial charge in [0.1, 0.15) is 5.69 Å². The maximum Gasteiger partial charge on any atom is 0.355 e. The highest BCUT2D eigenvalue weighted by Crippen LogP contribution is 2.20. The van der Waals surface area contributed by atoms with Crippen molar-refractivity contribution < 1.29 is 23.9 Å². The molecule has 1 fully saturated rings. The largest absolute Gasteiger partial charge is 0.461 e. The van der Waals surface area contributed by atoms with Gasteiger partial charge in [-0.05, 0) is 45.1 Å². The van der Waals surface area contributed by atoms with Gasteiger partial charge in [-0.1, -0.05) is 6.92 Å². The third-order valence-electron chi connectivity index (χ3n) is 4.58. The van der Waals surface area contributed by atoms with Gasteiger partial charge in [0.15, 0.2) is 6.61 Å². The molecule has 1 aliphatic heterocycles. The van der Waals surface area contributed by atoms with Crippen LogP contribution < -0.4 is 0 Å². The zero-order chi connectivity index (χ0) is 18.6. The van der Waals surface area contributed by atoms with Gasteiger partial charge in [-0.3, -0.25) is 4.79 Å². The number of nitrogens with one attached hydrogen (secondary N) is 1. The molecule has 25 heavy (non-hydrogen) atoms. The maximum atomic E-state index is 12.4. The minimum atomic E-state index is -0.611. The van der Waals surface area contributed by atoms with Gasteiger partial charge < -0.3 is 19.4 Å². The van der Waals surface area contributed by atoms with E-state index in [0.717, 1.165) is 12.8 Å². The lowest BCUT2D eigenvalue weighted by molar-refractivity contribution is -0.135. The number of carbonyl (C=O) groups excluding carboxylic acids is 3. The monoisotopic (exact) mass is 350 g/mol. The fourth-order valence-electron chi connectivity index (χ4n) is 3.01. The Morgan fingerprint density at radius 1 is 1.12 bits per heavy atom. The summed E-state index contributed by atoms with van der Waals surface area (Å²) in [5.41, 5.74) is 1.51. The fraction of sp³-hybridized carbons (Fsp3) is 0.611. The zero-order valence-electron chi connectivity index (χ0n) is 15.3. The molecule has 1 aliphatic rings. The number of aryl methyl sites for hydroxylation is 1. The van der Waals surface area contributed by atoms with E-state index in [1.807, 2.05) is 0 Å². The van der Waals surface area contributed by atoms with Crippen molar-refractivity contribution in [3.63, 3.8) is 0 Å². The van der Waals surface area contributed by atoms with Gasteiger partial charge in [0.2, 0.25) is 0 Å². The summed E-state index contributed by atoms with van der Waals surface area (Å²) in [4.78, 5) is 41.0. The van der Waals surface area contributed by atoms with Gasteiger partial charge in [-0.25, -0.2) is 9.59 Å². The molecule has 0 spiro atoms. The van der Waals surface area contributed by atoms with Gasteiger partial charge in [-0.15, -0.1) is 0 Å². The molecule has 0 aliphatic carbocycles. The van der Waals surface area contributed by atoms with Crippen LogP contribution in [0.15, 0.2) is 0 Å². The van der Waals surface area contributed by atoms with Crippen molar-refractivity contribution in [1.82, 2.24) is 9.88 Å². The van der Waals surface area contributed by atoms with Gasteiger partial charge >= 0.3 is 11.9 Å². The Bertz CT molecular complexity index is 657. The highest BCUT2D eigenvalue weighted by molar-refractivity contribution is 5.99. The number of rotatable bonds is 5. The second-order valence-electron chi connectivity index (χ2n) is 6.48. The third kappa shape index (κ3) is 4.41. The van der Waals surface area contributed by atoms with Crippen LogP contribution in [0, 0.1) is 19.8 Å². The second kappa shape index (κ2) is 8.18. The average molecular weight is 350 g/mol. The molecule has 0 radical (unpaired) electrons. The van der Waals surface area contributed by atoms with Crippen LogP contribution in [0.3, 0.4) is 0 Å². The number of nitrogens with zero attached hydrogens (tertiary/aromatic N) is 1. The van der Waals surface area contributed by atoms with Crippen LogP contribution >= 0.6 is 0 Å². The Morgan fingerprint density at radius 3 is 2.36 bits per heavy atom. The molecule has 7 nitrogen and oxygen atoms in total. The number of likely N-dealkylation sites (tertiary alicyclic amines) is 1. The van der Waals surface area contributed by atoms with Crippen LogP contribution in [-0.2, 0) is 14.3 Å². The summed E-state index contributed by atoms with van der Waals surface area (Å²) >= 11 is 0. The number of amides is 1. The molecule has 0 aromatic carbocycles. The molecule has 0 unspecified atom stereocenters. The first kappa shape index (κ1) is 19.0. The van der Waals surface area contributed by atoms with Gasteiger partial charge in [0.25, 0.3) is 5.91 Å². The highest BCUT2D eigenvalue weighted by atomic mass is 16.5. The smallest absolute Gasteiger partial charge is 0.355 e. The Kier molecular flexibility index (Phi) is 6.22. The minimum Gasteiger partial charge on any atom is -0.461 e. The molecule has 138 valence electrons. The second-order valence-corrected chi connectivity index (χ2v) is 6.48. The first-order valence-corrected chi connectivity index (χ1v) is 8.66. The first-order valence-electron chi connectivity index (χ1n) is 8.66. The molecule has 0 atom stereocenters. The SMILES string of the molecule is CCOC(=O)c1[nH]c(C)c(C(=O)OCC(=O)N2CCC(C)CC2)c1C. The number of H-pyrrole nitrogens is 1.